The maximum atomic E-state index is 12.7. The lowest BCUT2D eigenvalue weighted by Gasteiger charge is -2.53. The predicted molar refractivity (Wildman–Crippen MR) is 109 cm³/mol. The first-order valence-corrected chi connectivity index (χ1v) is 10.3. The fraction of sp³-hybridized carbons (Fsp3) is 0.636. The summed E-state index contributed by atoms with van der Waals surface area (Å²) in [5.41, 5.74) is 0.934. The summed E-state index contributed by atoms with van der Waals surface area (Å²) in [5.74, 6) is 0.249. The Morgan fingerprint density at radius 3 is 2.07 bits per heavy atom. The van der Waals surface area contributed by atoms with Gasteiger partial charge < -0.3 is 16.0 Å². The Kier molecular flexibility index (Phi) is 5.78. The van der Waals surface area contributed by atoms with Crippen molar-refractivity contribution >= 4 is 17.6 Å². The van der Waals surface area contributed by atoms with E-state index in [1.165, 1.54) is 0 Å². The molecule has 4 rings (SSSR count). The second-order valence-corrected chi connectivity index (χ2v) is 8.98. The lowest BCUT2D eigenvalue weighted by molar-refractivity contribution is -0.141. The Morgan fingerprint density at radius 1 is 0.926 bits per heavy atom. The van der Waals surface area contributed by atoms with Crippen LogP contribution in [0.3, 0.4) is 0 Å². The number of urea groups is 1. The van der Waals surface area contributed by atoms with E-state index in [0.717, 1.165) is 50.6 Å². The normalized spacial score (nSPS) is 27.9. The van der Waals surface area contributed by atoms with Crippen molar-refractivity contribution in [1.29, 1.82) is 0 Å². The molecule has 3 aliphatic rings. The van der Waals surface area contributed by atoms with Gasteiger partial charge in [-0.3, -0.25) is 4.79 Å². The molecule has 1 aromatic carbocycles. The Morgan fingerprint density at radius 2 is 1.52 bits per heavy atom. The molecule has 27 heavy (non-hydrogen) atoms. The highest BCUT2D eigenvalue weighted by atomic mass is 16.2. The van der Waals surface area contributed by atoms with Crippen molar-refractivity contribution in [2.75, 3.05) is 5.32 Å². The van der Waals surface area contributed by atoms with Crippen LogP contribution in [0, 0.1) is 10.8 Å². The van der Waals surface area contributed by atoms with Crippen molar-refractivity contribution in [3.05, 3.63) is 30.3 Å². The molecule has 3 fully saturated rings. The Balaban J connectivity index is 1.50. The highest BCUT2D eigenvalue weighted by Crippen LogP contribution is 2.58. The molecule has 5 nitrogen and oxygen atoms in total. The van der Waals surface area contributed by atoms with Gasteiger partial charge in [0.25, 0.3) is 0 Å². The third kappa shape index (κ3) is 4.63. The summed E-state index contributed by atoms with van der Waals surface area (Å²) in [7, 11) is 0. The summed E-state index contributed by atoms with van der Waals surface area (Å²) in [6, 6.07) is 9.67. The first kappa shape index (κ1) is 19.7. The SMILES string of the molecule is CC(C)NC(=O)C12CCC(CC(C)NC(=O)Nc3ccccc3)(CC1)CC2. The van der Waals surface area contributed by atoms with E-state index in [9.17, 15) is 9.59 Å². The number of fused-ring (bicyclic) bond motifs is 3. The van der Waals surface area contributed by atoms with Gasteiger partial charge in [0.05, 0.1) is 0 Å². The predicted octanol–water partition coefficient (Wildman–Crippen LogP) is 4.45. The van der Waals surface area contributed by atoms with Crippen molar-refractivity contribution in [2.24, 2.45) is 10.8 Å². The molecule has 1 atom stereocenters. The van der Waals surface area contributed by atoms with E-state index in [0.29, 0.717) is 0 Å². The van der Waals surface area contributed by atoms with Crippen molar-refractivity contribution in [1.82, 2.24) is 10.6 Å². The number of para-hydroxylation sites is 1. The first-order valence-electron chi connectivity index (χ1n) is 10.3. The van der Waals surface area contributed by atoms with Crippen LogP contribution in [0.15, 0.2) is 30.3 Å². The van der Waals surface area contributed by atoms with E-state index in [2.05, 4.69) is 22.9 Å². The summed E-state index contributed by atoms with van der Waals surface area (Å²) < 4.78 is 0. The molecule has 1 aromatic rings. The van der Waals surface area contributed by atoms with E-state index in [1.807, 2.05) is 44.2 Å². The number of hydrogen-bond acceptors (Lipinski definition) is 2. The number of hydrogen-bond donors (Lipinski definition) is 3. The van der Waals surface area contributed by atoms with Crippen LogP contribution in [0.25, 0.3) is 0 Å². The van der Waals surface area contributed by atoms with E-state index in [4.69, 9.17) is 0 Å². The van der Waals surface area contributed by atoms with E-state index in [1.54, 1.807) is 0 Å². The molecule has 5 heteroatoms. The van der Waals surface area contributed by atoms with Crippen LogP contribution < -0.4 is 16.0 Å². The number of carbonyl (C=O) groups is 2. The molecule has 3 N–H and O–H groups in total. The number of carbonyl (C=O) groups excluding carboxylic acids is 2. The van der Waals surface area contributed by atoms with Gasteiger partial charge in [-0.15, -0.1) is 0 Å². The molecule has 3 aliphatic carbocycles. The molecule has 0 aliphatic heterocycles. The van der Waals surface area contributed by atoms with Crippen LogP contribution in [-0.4, -0.2) is 24.0 Å². The molecular formula is C22H33N3O2. The summed E-state index contributed by atoms with van der Waals surface area (Å²) in [6.45, 7) is 6.14. The number of rotatable bonds is 6. The average Bonchev–Trinajstić information content (AvgIpc) is 2.63. The quantitative estimate of drug-likeness (QED) is 0.691. The molecule has 0 radical (unpaired) electrons. The number of benzene rings is 1. The van der Waals surface area contributed by atoms with Crippen LogP contribution in [0.4, 0.5) is 10.5 Å². The fourth-order valence-corrected chi connectivity index (χ4v) is 4.94. The Bertz CT molecular complexity index is 647. The van der Waals surface area contributed by atoms with Crippen LogP contribution >= 0.6 is 0 Å². The molecule has 1 unspecified atom stereocenters. The average molecular weight is 372 g/mol. The van der Waals surface area contributed by atoms with Crippen LogP contribution in [-0.2, 0) is 4.79 Å². The van der Waals surface area contributed by atoms with Gasteiger partial charge in [-0.25, -0.2) is 4.79 Å². The van der Waals surface area contributed by atoms with Crippen LogP contribution in [0.5, 0.6) is 0 Å². The molecule has 0 spiro atoms. The van der Waals surface area contributed by atoms with E-state index < -0.39 is 0 Å². The first-order chi connectivity index (χ1) is 12.8. The van der Waals surface area contributed by atoms with Gasteiger partial charge in [0.1, 0.15) is 0 Å². The summed E-state index contributed by atoms with van der Waals surface area (Å²) in [6.07, 6.45) is 7.19. The molecule has 2 bridgehead atoms. The topological polar surface area (TPSA) is 70.2 Å². The van der Waals surface area contributed by atoms with Gasteiger partial charge in [0.2, 0.25) is 5.91 Å². The summed E-state index contributed by atoms with van der Waals surface area (Å²) >= 11 is 0. The highest BCUT2D eigenvalue weighted by molar-refractivity contribution is 5.89. The zero-order chi connectivity index (χ0) is 19.5. The van der Waals surface area contributed by atoms with Gasteiger partial charge in [0.15, 0.2) is 0 Å². The van der Waals surface area contributed by atoms with Crippen molar-refractivity contribution in [3.63, 3.8) is 0 Å². The van der Waals surface area contributed by atoms with Crippen molar-refractivity contribution in [3.8, 4) is 0 Å². The van der Waals surface area contributed by atoms with Crippen molar-refractivity contribution < 1.29 is 9.59 Å². The third-order valence-electron chi connectivity index (χ3n) is 6.45. The summed E-state index contributed by atoms with van der Waals surface area (Å²) in [4.78, 5) is 24.9. The molecule has 0 saturated heterocycles. The largest absolute Gasteiger partial charge is 0.353 e. The Hall–Kier alpha value is -2.04. The number of nitrogens with one attached hydrogen (secondary N) is 3. The van der Waals surface area contributed by atoms with Crippen LogP contribution in [0.2, 0.25) is 0 Å². The third-order valence-corrected chi connectivity index (χ3v) is 6.45. The van der Waals surface area contributed by atoms with Gasteiger partial charge in [-0.2, -0.15) is 0 Å². The Labute approximate surface area is 162 Å². The zero-order valence-electron chi connectivity index (χ0n) is 16.8. The number of amides is 3. The monoisotopic (exact) mass is 371 g/mol. The minimum Gasteiger partial charge on any atom is -0.353 e. The van der Waals surface area contributed by atoms with Gasteiger partial charge in [0, 0.05) is 23.2 Å². The standard InChI is InChI=1S/C22H33N3O2/c1-16(2)23-19(26)22-12-9-21(10-13-22,11-14-22)15-17(3)24-20(27)25-18-7-5-4-6-8-18/h4-8,16-17H,9-15H2,1-3H3,(H,23,26)(H2,24,25,27). The van der Waals surface area contributed by atoms with Crippen LogP contribution in [0.1, 0.15) is 65.7 Å². The van der Waals surface area contributed by atoms with E-state index in [-0.39, 0.29) is 34.9 Å². The molecule has 148 valence electrons. The molecule has 0 heterocycles. The maximum absolute atomic E-state index is 12.7. The van der Waals surface area contributed by atoms with E-state index >= 15 is 0 Å². The van der Waals surface area contributed by atoms with Gasteiger partial charge in [-0.05, 0) is 83.3 Å². The lowest BCUT2D eigenvalue weighted by Crippen LogP contribution is -2.52. The second kappa shape index (κ2) is 7.91. The second-order valence-electron chi connectivity index (χ2n) is 8.98. The molecule has 3 saturated carbocycles. The molecule has 0 aromatic heterocycles. The number of anilines is 1. The van der Waals surface area contributed by atoms with Crippen molar-refractivity contribution in [2.45, 2.75) is 77.8 Å². The summed E-state index contributed by atoms with van der Waals surface area (Å²) in [5, 5.41) is 9.09. The van der Waals surface area contributed by atoms with Gasteiger partial charge in [-0.1, -0.05) is 18.2 Å². The van der Waals surface area contributed by atoms with Gasteiger partial charge >= 0.3 is 6.03 Å². The maximum Gasteiger partial charge on any atom is 0.319 e. The highest BCUT2D eigenvalue weighted by Gasteiger charge is 2.52. The lowest BCUT2D eigenvalue weighted by atomic mass is 9.52. The fourth-order valence-electron chi connectivity index (χ4n) is 4.94. The molecular weight excluding hydrogens is 338 g/mol. The minimum atomic E-state index is -0.151. The minimum absolute atomic E-state index is 0.115. The molecule has 3 amide bonds. The smallest absolute Gasteiger partial charge is 0.319 e. The zero-order valence-corrected chi connectivity index (χ0v) is 16.8.